The molecule has 0 aliphatic rings. The van der Waals surface area contributed by atoms with Crippen molar-refractivity contribution in [2.45, 2.75) is 0 Å². The molecule has 3 nitrogen and oxygen atoms in total. The van der Waals surface area contributed by atoms with Crippen LogP contribution < -0.4 is 5.43 Å². The quantitative estimate of drug-likeness (QED) is 0.666. The van der Waals surface area contributed by atoms with Gasteiger partial charge >= 0.3 is 0 Å². The van der Waals surface area contributed by atoms with Gasteiger partial charge in [0.05, 0.1) is 16.1 Å². The molecule has 0 unspecified atom stereocenters. The van der Waals surface area contributed by atoms with E-state index >= 15 is 0 Å². The highest BCUT2D eigenvalue weighted by Gasteiger charge is 2.07. The molecular formula is C12H8BrClN2OS. The molecule has 18 heavy (non-hydrogen) atoms. The minimum Gasteiger partial charge on any atom is -0.267 e. The van der Waals surface area contributed by atoms with E-state index < -0.39 is 0 Å². The van der Waals surface area contributed by atoms with Gasteiger partial charge in [-0.3, -0.25) is 4.79 Å². The van der Waals surface area contributed by atoms with E-state index in [1.807, 2.05) is 12.1 Å². The van der Waals surface area contributed by atoms with E-state index in [4.69, 9.17) is 11.6 Å². The Morgan fingerprint density at radius 1 is 1.33 bits per heavy atom. The van der Waals surface area contributed by atoms with Gasteiger partial charge in [0.15, 0.2) is 0 Å². The molecular weight excluding hydrogens is 336 g/mol. The molecule has 0 fully saturated rings. The highest BCUT2D eigenvalue weighted by atomic mass is 79.9. The van der Waals surface area contributed by atoms with Crippen LogP contribution in [0.2, 0.25) is 4.34 Å². The summed E-state index contributed by atoms with van der Waals surface area (Å²) in [5.74, 6) is -0.263. The molecule has 0 radical (unpaired) electrons. The highest BCUT2D eigenvalue weighted by molar-refractivity contribution is 9.10. The van der Waals surface area contributed by atoms with Gasteiger partial charge in [-0.15, -0.1) is 11.3 Å². The maximum atomic E-state index is 11.8. The fourth-order valence-corrected chi connectivity index (χ4v) is 2.66. The van der Waals surface area contributed by atoms with Gasteiger partial charge in [0.1, 0.15) is 0 Å². The number of carbonyl (C=O) groups excluding carboxylic acids is 1. The summed E-state index contributed by atoms with van der Waals surface area (Å²) in [6, 6.07) is 10.8. The second-order valence-corrected chi connectivity index (χ2v) is 5.92. The normalized spacial score (nSPS) is 10.8. The molecule has 2 rings (SSSR count). The van der Waals surface area contributed by atoms with Crippen LogP contribution in [0.4, 0.5) is 0 Å². The Morgan fingerprint density at radius 2 is 2.11 bits per heavy atom. The summed E-state index contributed by atoms with van der Waals surface area (Å²) in [6.07, 6.45) is 1.56. The largest absolute Gasteiger partial charge is 0.272 e. The number of carbonyl (C=O) groups is 1. The maximum Gasteiger partial charge on any atom is 0.272 e. The van der Waals surface area contributed by atoms with E-state index in [0.717, 1.165) is 9.35 Å². The van der Waals surface area contributed by atoms with Crippen LogP contribution in [0.5, 0.6) is 0 Å². The van der Waals surface area contributed by atoms with Gasteiger partial charge in [0.25, 0.3) is 5.91 Å². The Morgan fingerprint density at radius 3 is 2.78 bits per heavy atom. The monoisotopic (exact) mass is 342 g/mol. The van der Waals surface area contributed by atoms with Crippen LogP contribution in [0.15, 0.2) is 46.0 Å². The molecule has 0 saturated heterocycles. The zero-order chi connectivity index (χ0) is 13.0. The van der Waals surface area contributed by atoms with Crippen molar-refractivity contribution in [3.8, 4) is 0 Å². The van der Waals surface area contributed by atoms with Crippen LogP contribution >= 0.6 is 38.9 Å². The Kier molecular flexibility index (Phi) is 4.52. The summed E-state index contributed by atoms with van der Waals surface area (Å²) in [7, 11) is 0. The average Bonchev–Trinajstić information content (AvgIpc) is 2.75. The summed E-state index contributed by atoms with van der Waals surface area (Å²) in [5.41, 5.74) is 3.00. The maximum absolute atomic E-state index is 11.8. The molecule has 1 aromatic heterocycles. The van der Waals surface area contributed by atoms with Crippen molar-refractivity contribution in [1.29, 1.82) is 0 Å². The fourth-order valence-electron chi connectivity index (χ4n) is 1.26. The minimum atomic E-state index is -0.263. The van der Waals surface area contributed by atoms with E-state index in [9.17, 15) is 4.79 Å². The molecule has 0 atom stereocenters. The number of nitrogens with zero attached hydrogens (tertiary/aromatic N) is 1. The van der Waals surface area contributed by atoms with Crippen LogP contribution in [-0.4, -0.2) is 12.1 Å². The van der Waals surface area contributed by atoms with Crippen LogP contribution in [0.25, 0.3) is 0 Å². The number of hydrazone groups is 1. The van der Waals surface area contributed by atoms with E-state index in [1.54, 1.807) is 30.5 Å². The van der Waals surface area contributed by atoms with Crippen LogP contribution in [0.3, 0.4) is 0 Å². The third kappa shape index (κ3) is 3.41. The molecule has 0 spiro atoms. The zero-order valence-electron chi connectivity index (χ0n) is 9.06. The predicted molar refractivity (Wildman–Crippen MR) is 78.5 cm³/mol. The minimum absolute atomic E-state index is 0.263. The van der Waals surface area contributed by atoms with Gasteiger partial charge in [-0.1, -0.05) is 23.7 Å². The van der Waals surface area contributed by atoms with E-state index in [2.05, 4.69) is 26.5 Å². The summed E-state index contributed by atoms with van der Waals surface area (Å²) in [6.45, 7) is 0. The second-order valence-electron chi connectivity index (χ2n) is 3.32. The first kappa shape index (κ1) is 13.3. The number of nitrogens with one attached hydrogen (secondary N) is 1. The number of hydrogen-bond donors (Lipinski definition) is 1. The van der Waals surface area contributed by atoms with Crippen molar-refractivity contribution >= 4 is 51.0 Å². The van der Waals surface area contributed by atoms with Gasteiger partial charge in [-0.2, -0.15) is 5.10 Å². The summed E-state index contributed by atoms with van der Waals surface area (Å²) >= 11 is 10.5. The number of benzene rings is 1. The molecule has 1 aromatic carbocycles. The van der Waals surface area contributed by atoms with Gasteiger partial charge in [-0.25, -0.2) is 5.43 Å². The van der Waals surface area contributed by atoms with Crippen molar-refractivity contribution in [2.24, 2.45) is 5.10 Å². The number of rotatable bonds is 3. The van der Waals surface area contributed by atoms with Crippen LogP contribution in [0.1, 0.15) is 15.2 Å². The van der Waals surface area contributed by atoms with Crippen molar-refractivity contribution in [2.75, 3.05) is 0 Å². The Labute approximate surface area is 122 Å². The molecule has 6 heteroatoms. The Balaban J connectivity index is 2.01. The zero-order valence-corrected chi connectivity index (χ0v) is 12.2. The van der Waals surface area contributed by atoms with Gasteiger partial charge < -0.3 is 0 Å². The SMILES string of the molecule is O=C(N/N=C/c1ccc(Cl)s1)c1ccccc1Br. The lowest BCUT2D eigenvalue weighted by Crippen LogP contribution is -2.17. The van der Waals surface area contributed by atoms with Crippen molar-refractivity contribution in [1.82, 2.24) is 5.43 Å². The Bertz CT molecular complexity index is 597. The Hall–Kier alpha value is -1.17. The molecule has 1 amide bonds. The van der Waals surface area contributed by atoms with E-state index in [1.165, 1.54) is 11.3 Å². The van der Waals surface area contributed by atoms with E-state index in [-0.39, 0.29) is 5.91 Å². The smallest absolute Gasteiger partial charge is 0.267 e. The van der Waals surface area contributed by atoms with Crippen LogP contribution in [0, 0.1) is 0 Å². The molecule has 1 N–H and O–H groups in total. The summed E-state index contributed by atoms with van der Waals surface area (Å²) in [4.78, 5) is 12.7. The molecule has 0 saturated carbocycles. The van der Waals surface area contributed by atoms with Gasteiger partial charge in [0.2, 0.25) is 0 Å². The van der Waals surface area contributed by atoms with Crippen molar-refractivity contribution in [3.63, 3.8) is 0 Å². The second kappa shape index (κ2) is 6.13. The third-order valence-electron chi connectivity index (χ3n) is 2.07. The fraction of sp³-hybridized carbons (Fsp3) is 0. The molecule has 0 aliphatic heterocycles. The van der Waals surface area contributed by atoms with Gasteiger partial charge in [0, 0.05) is 9.35 Å². The first-order valence-corrected chi connectivity index (χ1v) is 6.99. The third-order valence-corrected chi connectivity index (χ3v) is 3.93. The topological polar surface area (TPSA) is 41.5 Å². The number of halogens is 2. The molecule has 0 aliphatic carbocycles. The summed E-state index contributed by atoms with van der Waals surface area (Å²) < 4.78 is 1.42. The number of hydrogen-bond acceptors (Lipinski definition) is 3. The molecule has 1 heterocycles. The van der Waals surface area contributed by atoms with Crippen LogP contribution in [-0.2, 0) is 0 Å². The first-order chi connectivity index (χ1) is 8.66. The predicted octanol–water partition coefficient (Wildman–Crippen LogP) is 3.93. The number of thiophene rings is 1. The number of amides is 1. The lowest BCUT2D eigenvalue weighted by Gasteiger charge is -2.01. The average molecular weight is 344 g/mol. The van der Waals surface area contributed by atoms with Crippen molar-refractivity contribution < 1.29 is 4.79 Å². The van der Waals surface area contributed by atoms with Crippen molar-refractivity contribution in [3.05, 3.63) is 55.6 Å². The standard InChI is InChI=1S/C12H8BrClN2OS/c13-10-4-2-1-3-9(10)12(17)16-15-7-8-5-6-11(14)18-8/h1-7H,(H,16,17)/b15-7+. The first-order valence-electron chi connectivity index (χ1n) is 5.00. The summed E-state index contributed by atoms with van der Waals surface area (Å²) in [5, 5.41) is 3.88. The molecule has 92 valence electrons. The lowest BCUT2D eigenvalue weighted by molar-refractivity contribution is 0.0954. The molecule has 0 bridgehead atoms. The van der Waals surface area contributed by atoms with Gasteiger partial charge in [-0.05, 0) is 40.2 Å². The highest BCUT2D eigenvalue weighted by Crippen LogP contribution is 2.19. The van der Waals surface area contributed by atoms with E-state index in [0.29, 0.717) is 9.90 Å². The lowest BCUT2D eigenvalue weighted by atomic mass is 10.2. The molecule has 2 aromatic rings.